The Morgan fingerprint density at radius 3 is 2.38 bits per heavy atom. The number of hydrogen-bond acceptors (Lipinski definition) is 9. The van der Waals surface area contributed by atoms with Gasteiger partial charge < -0.3 is 30.0 Å². The summed E-state index contributed by atoms with van der Waals surface area (Å²) in [7, 11) is 2.79. The highest BCUT2D eigenvalue weighted by atomic mass is 35.5. The van der Waals surface area contributed by atoms with Gasteiger partial charge in [0.05, 0.1) is 14.2 Å². The van der Waals surface area contributed by atoms with E-state index in [9.17, 15) is 24.3 Å². The lowest BCUT2D eigenvalue weighted by molar-refractivity contribution is -0.122. The molecule has 3 N–H and O–H groups in total. The lowest BCUT2D eigenvalue weighted by Crippen LogP contribution is -2.53. The van der Waals surface area contributed by atoms with E-state index in [-0.39, 0.29) is 65.2 Å². The third-order valence-electron chi connectivity index (χ3n) is 7.59. The molecule has 0 aromatic heterocycles. The van der Waals surface area contributed by atoms with Crippen LogP contribution in [0.4, 0.5) is 0 Å². The van der Waals surface area contributed by atoms with Crippen LogP contribution in [0.25, 0.3) is 0 Å². The predicted octanol–water partition coefficient (Wildman–Crippen LogP) is 4.24. The Hall–Kier alpha value is -3.70. The summed E-state index contributed by atoms with van der Waals surface area (Å²) >= 11 is 8.07. The Morgan fingerprint density at radius 1 is 1.14 bits per heavy atom. The first-order valence-corrected chi connectivity index (χ1v) is 14.9. The molecule has 2 aromatic carbocycles. The van der Waals surface area contributed by atoms with Gasteiger partial charge in [-0.05, 0) is 24.0 Å². The second-order valence-corrected chi connectivity index (χ2v) is 11.4. The SMILES string of the molecule is COc1cc(OC)c2c(c1Cl)OC1(C2=O)C(O)=C(C(CC(=O)NCCNC(C)=O)c2ccc(SC)cc2)C(=O)CC1C. The van der Waals surface area contributed by atoms with Gasteiger partial charge in [-0.3, -0.25) is 19.2 Å². The molecule has 1 aliphatic carbocycles. The normalized spacial score (nSPS) is 20.2. The molecule has 4 rings (SSSR count). The van der Waals surface area contributed by atoms with Crippen LogP contribution in [0.2, 0.25) is 5.02 Å². The largest absolute Gasteiger partial charge is 0.507 e. The molecule has 0 saturated carbocycles. The van der Waals surface area contributed by atoms with Crippen molar-refractivity contribution >= 4 is 46.7 Å². The molecule has 2 aliphatic rings. The molecule has 1 spiro atoms. The first kappa shape index (κ1) is 31.2. The topological polar surface area (TPSA) is 140 Å². The molecule has 2 amide bonds. The van der Waals surface area contributed by atoms with E-state index in [2.05, 4.69) is 10.6 Å². The third kappa shape index (κ3) is 5.55. The molecule has 10 nitrogen and oxygen atoms in total. The molecular weight excluding hydrogens is 584 g/mol. The van der Waals surface area contributed by atoms with E-state index in [0.29, 0.717) is 5.56 Å². The summed E-state index contributed by atoms with van der Waals surface area (Å²) in [5.41, 5.74) is -1.41. The van der Waals surface area contributed by atoms with Gasteiger partial charge in [0.15, 0.2) is 17.3 Å². The van der Waals surface area contributed by atoms with Gasteiger partial charge in [0.1, 0.15) is 22.1 Å². The highest BCUT2D eigenvalue weighted by Gasteiger charge is 2.61. The number of allylic oxidation sites excluding steroid dienone is 1. The number of ketones is 2. The summed E-state index contributed by atoms with van der Waals surface area (Å²) in [6.45, 7) is 3.42. The molecule has 1 heterocycles. The zero-order valence-corrected chi connectivity index (χ0v) is 25.5. The van der Waals surface area contributed by atoms with Gasteiger partial charge in [0, 0.05) is 61.2 Å². The van der Waals surface area contributed by atoms with Gasteiger partial charge >= 0.3 is 0 Å². The molecule has 1 aliphatic heterocycles. The minimum absolute atomic E-state index is 0.0125. The lowest BCUT2D eigenvalue weighted by Gasteiger charge is -2.38. The van der Waals surface area contributed by atoms with Crippen molar-refractivity contribution in [2.24, 2.45) is 5.92 Å². The minimum atomic E-state index is -1.96. The lowest BCUT2D eigenvalue weighted by atomic mass is 9.69. The third-order valence-corrected chi connectivity index (χ3v) is 8.69. The summed E-state index contributed by atoms with van der Waals surface area (Å²) < 4.78 is 17.0. The number of methoxy groups -OCH3 is 2. The minimum Gasteiger partial charge on any atom is -0.507 e. The summed E-state index contributed by atoms with van der Waals surface area (Å²) in [5, 5.41) is 17.3. The number of hydrogen-bond donors (Lipinski definition) is 3. The predicted molar refractivity (Wildman–Crippen MR) is 158 cm³/mol. The molecule has 0 bridgehead atoms. The van der Waals surface area contributed by atoms with Crippen molar-refractivity contribution in [1.82, 2.24) is 10.6 Å². The van der Waals surface area contributed by atoms with E-state index in [1.54, 1.807) is 19.1 Å². The van der Waals surface area contributed by atoms with Crippen LogP contribution in [0.5, 0.6) is 17.2 Å². The maximum absolute atomic E-state index is 14.1. The number of ether oxygens (including phenoxy) is 3. The molecular formula is C30H33ClN2O8S. The average Bonchev–Trinajstić information content (AvgIpc) is 3.28. The van der Waals surface area contributed by atoms with Crippen molar-refractivity contribution in [1.29, 1.82) is 0 Å². The average molecular weight is 617 g/mol. The number of Topliss-reactive ketones (excluding diaryl/α,β-unsaturated/α-hetero) is 2. The Labute approximate surface area is 253 Å². The van der Waals surface area contributed by atoms with Crippen LogP contribution in [0.15, 0.2) is 46.6 Å². The van der Waals surface area contributed by atoms with Gasteiger partial charge in [-0.2, -0.15) is 0 Å². The second-order valence-electron chi connectivity index (χ2n) is 10.1. The van der Waals surface area contributed by atoms with Gasteiger partial charge in [0.2, 0.25) is 23.2 Å². The van der Waals surface area contributed by atoms with Crippen LogP contribution in [-0.4, -0.2) is 67.7 Å². The summed E-state index contributed by atoms with van der Waals surface area (Å²) in [6.07, 6.45) is 1.60. The number of benzene rings is 2. The first-order chi connectivity index (χ1) is 20.0. The molecule has 42 heavy (non-hydrogen) atoms. The van der Waals surface area contributed by atoms with E-state index >= 15 is 0 Å². The van der Waals surface area contributed by atoms with Crippen LogP contribution in [0, 0.1) is 5.92 Å². The zero-order chi connectivity index (χ0) is 30.8. The van der Waals surface area contributed by atoms with Crippen LogP contribution in [0.3, 0.4) is 0 Å². The van der Waals surface area contributed by atoms with E-state index < -0.39 is 40.7 Å². The van der Waals surface area contributed by atoms with Crippen molar-refractivity contribution in [2.45, 2.75) is 43.1 Å². The number of carbonyl (C=O) groups excluding carboxylic acids is 4. The highest BCUT2D eigenvalue weighted by molar-refractivity contribution is 7.98. The number of halogens is 1. The summed E-state index contributed by atoms with van der Waals surface area (Å²) in [5.74, 6) is -3.53. The number of thioether (sulfide) groups is 1. The maximum atomic E-state index is 14.1. The van der Waals surface area contributed by atoms with E-state index in [0.717, 1.165) is 4.90 Å². The van der Waals surface area contributed by atoms with Crippen molar-refractivity contribution in [3.05, 3.63) is 57.8 Å². The molecule has 224 valence electrons. The fourth-order valence-corrected chi connectivity index (χ4v) is 6.13. The fraction of sp³-hybridized carbons (Fsp3) is 0.400. The van der Waals surface area contributed by atoms with Crippen molar-refractivity contribution in [2.75, 3.05) is 33.6 Å². The molecule has 0 fully saturated rings. The van der Waals surface area contributed by atoms with Gasteiger partial charge in [0.25, 0.3) is 0 Å². The number of nitrogens with one attached hydrogen (secondary N) is 2. The standard InChI is InChI=1S/C30H33ClN2O8S/c1-15-12-20(35)24(19(17-6-8-18(42-5)9-7-17)13-23(36)33-11-10-32-16(2)34)28(37)30(15)29(38)25-21(39-3)14-22(40-4)26(31)27(25)41-30/h6-9,14-15,19,37H,10-13H2,1-5H3,(H,32,34)(H,33,36). The van der Waals surface area contributed by atoms with Crippen molar-refractivity contribution < 1.29 is 38.5 Å². The van der Waals surface area contributed by atoms with Crippen molar-refractivity contribution in [3.63, 3.8) is 0 Å². The Kier molecular flexibility index (Phi) is 9.42. The Balaban J connectivity index is 1.82. The smallest absolute Gasteiger partial charge is 0.231 e. The van der Waals surface area contributed by atoms with Crippen LogP contribution in [-0.2, 0) is 14.4 Å². The molecule has 2 aromatic rings. The van der Waals surface area contributed by atoms with Gasteiger partial charge in [-0.15, -0.1) is 11.8 Å². The Morgan fingerprint density at radius 2 is 1.79 bits per heavy atom. The highest BCUT2D eigenvalue weighted by Crippen LogP contribution is 2.55. The number of aliphatic hydroxyl groups excluding tert-OH is 1. The molecule has 0 saturated heterocycles. The molecule has 3 unspecified atom stereocenters. The number of rotatable bonds is 10. The van der Waals surface area contributed by atoms with Crippen LogP contribution in [0.1, 0.15) is 48.5 Å². The number of amides is 2. The first-order valence-electron chi connectivity index (χ1n) is 13.3. The zero-order valence-electron chi connectivity index (χ0n) is 24.0. The second kappa shape index (κ2) is 12.7. The quantitative estimate of drug-likeness (QED) is 0.264. The van der Waals surface area contributed by atoms with Gasteiger partial charge in [-0.25, -0.2) is 0 Å². The maximum Gasteiger partial charge on any atom is 0.231 e. The number of carbonyl (C=O) groups is 4. The monoisotopic (exact) mass is 616 g/mol. The molecule has 0 radical (unpaired) electrons. The number of fused-ring (bicyclic) bond motifs is 1. The summed E-state index contributed by atoms with van der Waals surface area (Å²) in [4.78, 5) is 53.0. The molecule has 3 atom stereocenters. The van der Waals surface area contributed by atoms with E-state index in [1.165, 1.54) is 39.0 Å². The Bertz CT molecular complexity index is 1460. The van der Waals surface area contributed by atoms with Crippen LogP contribution >= 0.6 is 23.4 Å². The van der Waals surface area contributed by atoms with Crippen molar-refractivity contribution in [3.8, 4) is 17.2 Å². The van der Waals surface area contributed by atoms with Gasteiger partial charge in [-0.1, -0.05) is 30.7 Å². The number of aliphatic hydroxyl groups is 1. The van der Waals surface area contributed by atoms with Crippen LogP contribution < -0.4 is 24.8 Å². The fourth-order valence-electron chi connectivity index (χ4n) is 5.46. The van der Waals surface area contributed by atoms with E-state index in [1.807, 2.05) is 18.4 Å². The summed E-state index contributed by atoms with van der Waals surface area (Å²) in [6, 6.07) is 8.75. The van der Waals surface area contributed by atoms with E-state index in [4.69, 9.17) is 25.8 Å². The molecule has 12 heteroatoms.